The van der Waals surface area contributed by atoms with E-state index in [1.54, 1.807) is 24.3 Å². The molecule has 0 fully saturated rings. The SMILES string of the molecule is CC(C)C(=O)Nc1ccc(OCC(N)=S)cc1. The Labute approximate surface area is 106 Å². The minimum Gasteiger partial charge on any atom is -0.487 e. The third-order valence-corrected chi connectivity index (χ3v) is 2.15. The van der Waals surface area contributed by atoms with Crippen LogP contribution >= 0.6 is 12.2 Å². The molecule has 0 heterocycles. The van der Waals surface area contributed by atoms with Gasteiger partial charge in [-0.3, -0.25) is 4.79 Å². The highest BCUT2D eigenvalue weighted by atomic mass is 32.1. The molecule has 0 unspecified atom stereocenters. The van der Waals surface area contributed by atoms with Crippen molar-refractivity contribution in [2.45, 2.75) is 13.8 Å². The first kappa shape index (κ1) is 13.4. The summed E-state index contributed by atoms with van der Waals surface area (Å²) in [6, 6.07) is 7.06. The zero-order chi connectivity index (χ0) is 12.8. The van der Waals surface area contributed by atoms with Crippen molar-refractivity contribution < 1.29 is 9.53 Å². The van der Waals surface area contributed by atoms with Gasteiger partial charge in [0.2, 0.25) is 5.91 Å². The van der Waals surface area contributed by atoms with Crippen LogP contribution in [0.1, 0.15) is 13.8 Å². The van der Waals surface area contributed by atoms with Gasteiger partial charge in [-0.1, -0.05) is 26.1 Å². The van der Waals surface area contributed by atoms with Gasteiger partial charge in [-0.15, -0.1) is 0 Å². The predicted molar refractivity (Wildman–Crippen MR) is 72.2 cm³/mol. The molecule has 0 radical (unpaired) electrons. The minimum absolute atomic E-state index is 0.0122. The molecule has 0 aromatic heterocycles. The van der Waals surface area contributed by atoms with E-state index in [-0.39, 0.29) is 18.4 Å². The maximum atomic E-state index is 11.4. The summed E-state index contributed by atoms with van der Waals surface area (Å²) < 4.78 is 5.30. The van der Waals surface area contributed by atoms with Gasteiger partial charge < -0.3 is 15.8 Å². The molecule has 5 heteroatoms. The fraction of sp³-hybridized carbons (Fsp3) is 0.333. The predicted octanol–water partition coefficient (Wildman–Crippen LogP) is 1.95. The first-order chi connectivity index (χ1) is 7.99. The second kappa shape index (κ2) is 6.20. The van der Waals surface area contributed by atoms with Gasteiger partial charge in [-0.25, -0.2) is 0 Å². The maximum Gasteiger partial charge on any atom is 0.226 e. The largest absolute Gasteiger partial charge is 0.487 e. The molecule has 1 rings (SSSR count). The zero-order valence-corrected chi connectivity index (χ0v) is 10.7. The Morgan fingerprint density at radius 2 is 2.00 bits per heavy atom. The van der Waals surface area contributed by atoms with Crippen molar-refractivity contribution in [1.82, 2.24) is 0 Å². The van der Waals surface area contributed by atoms with Gasteiger partial charge in [0.25, 0.3) is 0 Å². The highest BCUT2D eigenvalue weighted by Crippen LogP contribution is 2.16. The van der Waals surface area contributed by atoms with Gasteiger partial charge in [-0.2, -0.15) is 0 Å². The van der Waals surface area contributed by atoms with Crippen molar-refractivity contribution >= 4 is 28.8 Å². The lowest BCUT2D eigenvalue weighted by Gasteiger charge is -2.09. The van der Waals surface area contributed by atoms with Crippen LogP contribution in [0.4, 0.5) is 5.69 Å². The van der Waals surface area contributed by atoms with Gasteiger partial charge in [0.15, 0.2) is 0 Å². The lowest BCUT2D eigenvalue weighted by Crippen LogP contribution is -2.18. The highest BCUT2D eigenvalue weighted by Gasteiger charge is 2.06. The number of rotatable bonds is 5. The van der Waals surface area contributed by atoms with E-state index in [0.717, 1.165) is 5.69 Å². The Balaban J connectivity index is 2.56. The van der Waals surface area contributed by atoms with E-state index >= 15 is 0 Å². The lowest BCUT2D eigenvalue weighted by atomic mass is 10.2. The van der Waals surface area contributed by atoms with Crippen molar-refractivity contribution in [3.8, 4) is 5.75 Å². The molecule has 0 aliphatic carbocycles. The van der Waals surface area contributed by atoms with E-state index in [0.29, 0.717) is 10.7 Å². The second-order valence-electron chi connectivity index (χ2n) is 3.92. The number of hydrogen-bond acceptors (Lipinski definition) is 3. The molecule has 0 spiro atoms. The Bertz CT molecular complexity index is 401. The molecular weight excluding hydrogens is 236 g/mol. The van der Waals surface area contributed by atoms with Crippen LogP contribution in [0.25, 0.3) is 0 Å². The molecule has 17 heavy (non-hydrogen) atoms. The summed E-state index contributed by atoms with van der Waals surface area (Å²) in [7, 11) is 0. The summed E-state index contributed by atoms with van der Waals surface area (Å²) in [5, 5.41) is 2.79. The average Bonchev–Trinajstić information content (AvgIpc) is 2.28. The summed E-state index contributed by atoms with van der Waals surface area (Å²) in [5.74, 6) is 0.614. The number of nitrogens with one attached hydrogen (secondary N) is 1. The number of ether oxygens (including phenoxy) is 1. The van der Waals surface area contributed by atoms with Crippen LogP contribution in [0.3, 0.4) is 0 Å². The first-order valence-corrected chi connectivity index (χ1v) is 5.72. The van der Waals surface area contributed by atoms with E-state index in [1.807, 2.05) is 13.8 Å². The Morgan fingerprint density at radius 3 is 2.47 bits per heavy atom. The Kier molecular flexibility index (Phi) is 4.90. The number of nitrogens with two attached hydrogens (primary N) is 1. The van der Waals surface area contributed by atoms with Crippen molar-refractivity contribution in [2.24, 2.45) is 11.7 Å². The Morgan fingerprint density at radius 1 is 1.41 bits per heavy atom. The molecule has 0 saturated carbocycles. The van der Waals surface area contributed by atoms with Crippen LogP contribution in [0.15, 0.2) is 24.3 Å². The Hall–Kier alpha value is -1.62. The molecule has 1 aromatic carbocycles. The van der Waals surface area contributed by atoms with Crippen LogP contribution in [0, 0.1) is 5.92 Å². The summed E-state index contributed by atoms with van der Waals surface area (Å²) in [4.78, 5) is 11.7. The summed E-state index contributed by atoms with van der Waals surface area (Å²) in [6.45, 7) is 3.90. The fourth-order valence-electron chi connectivity index (χ4n) is 1.08. The minimum atomic E-state index is -0.0412. The van der Waals surface area contributed by atoms with Gasteiger partial charge in [-0.05, 0) is 24.3 Å². The van der Waals surface area contributed by atoms with E-state index < -0.39 is 0 Å². The van der Waals surface area contributed by atoms with E-state index in [9.17, 15) is 4.79 Å². The van der Waals surface area contributed by atoms with E-state index in [1.165, 1.54) is 0 Å². The average molecular weight is 252 g/mol. The normalized spacial score (nSPS) is 10.1. The second-order valence-corrected chi connectivity index (χ2v) is 4.45. The topological polar surface area (TPSA) is 64.3 Å². The standard InChI is InChI=1S/C12H16N2O2S/c1-8(2)12(15)14-9-3-5-10(6-4-9)16-7-11(13)17/h3-6,8H,7H2,1-2H3,(H2,13,17)(H,14,15). The van der Waals surface area contributed by atoms with Crippen LogP contribution in [0.2, 0.25) is 0 Å². The highest BCUT2D eigenvalue weighted by molar-refractivity contribution is 7.80. The summed E-state index contributed by atoms with van der Waals surface area (Å²) in [5.41, 5.74) is 6.06. The monoisotopic (exact) mass is 252 g/mol. The molecular formula is C12H16N2O2S. The number of thiocarbonyl (C=S) groups is 1. The first-order valence-electron chi connectivity index (χ1n) is 5.31. The zero-order valence-electron chi connectivity index (χ0n) is 9.90. The maximum absolute atomic E-state index is 11.4. The number of anilines is 1. The lowest BCUT2D eigenvalue weighted by molar-refractivity contribution is -0.118. The summed E-state index contributed by atoms with van der Waals surface area (Å²) >= 11 is 4.70. The van der Waals surface area contributed by atoms with Crippen molar-refractivity contribution in [3.63, 3.8) is 0 Å². The third-order valence-electron chi connectivity index (χ3n) is 2.03. The number of hydrogen-bond donors (Lipinski definition) is 2. The molecule has 1 aromatic rings. The summed E-state index contributed by atoms with van der Waals surface area (Å²) in [6.07, 6.45) is 0. The third kappa shape index (κ3) is 4.82. The molecule has 0 bridgehead atoms. The van der Waals surface area contributed by atoms with Crippen LogP contribution in [-0.4, -0.2) is 17.5 Å². The van der Waals surface area contributed by atoms with Gasteiger partial charge in [0.05, 0.1) is 0 Å². The van der Waals surface area contributed by atoms with Gasteiger partial charge in [0.1, 0.15) is 17.3 Å². The molecule has 0 aliphatic rings. The molecule has 0 saturated heterocycles. The van der Waals surface area contributed by atoms with Crippen LogP contribution in [-0.2, 0) is 4.79 Å². The van der Waals surface area contributed by atoms with E-state index in [4.69, 9.17) is 22.7 Å². The van der Waals surface area contributed by atoms with Crippen molar-refractivity contribution in [2.75, 3.05) is 11.9 Å². The number of carbonyl (C=O) groups excluding carboxylic acids is 1. The molecule has 4 nitrogen and oxygen atoms in total. The molecule has 3 N–H and O–H groups in total. The molecule has 92 valence electrons. The molecule has 1 amide bonds. The van der Waals surface area contributed by atoms with Crippen molar-refractivity contribution in [1.29, 1.82) is 0 Å². The molecule has 0 atom stereocenters. The quantitative estimate of drug-likeness (QED) is 0.786. The van der Waals surface area contributed by atoms with Crippen LogP contribution < -0.4 is 15.8 Å². The number of benzene rings is 1. The fourth-order valence-corrected chi connectivity index (χ4v) is 1.13. The smallest absolute Gasteiger partial charge is 0.226 e. The van der Waals surface area contributed by atoms with Crippen molar-refractivity contribution in [3.05, 3.63) is 24.3 Å². The van der Waals surface area contributed by atoms with E-state index in [2.05, 4.69) is 5.32 Å². The number of amides is 1. The van der Waals surface area contributed by atoms with Gasteiger partial charge in [0, 0.05) is 11.6 Å². The van der Waals surface area contributed by atoms with Gasteiger partial charge >= 0.3 is 0 Å². The van der Waals surface area contributed by atoms with Crippen LogP contribution in [0.5, 0.6) is 5.75 Å². The number of carbonyl (C=O) groups is 1. The molecule has 0 aliphatic heterocycles.